The molecular weight excluding hydrogens is 961 g/mol. The Hall–Kier alpha value is -3.15. The van der Waals surface area contributed by atoms with Gasteiger partial charge in [-0.3, -0.25) is 14.4 Å². The van der Waals surface area contributed by atoms with Gasteiger partial charge in [-0.05, 0) is 96.3 Å². The summed E-state index contributed by atoms with van der Waals surface area (Å²) in [5.74, 6) is -0.874. The summed E-state index contributed by atoms with van der Waals surface area (Å²) in [5.41, 5.74) is 0. The summed E-state index contributed by atoms with van der Waals surface area (Å²) in [7, 11) is 0. The number of rotatable bonds is 62. The molecule has 1 atom stereocenters. The fourth-order valence-electron chi connectivity index (χ4n) is 9.81. The molecule has 0 aliphatic carbocycles. The number of carbonyl (C=O) groups is 3. The van der Waals surface area contributed by atoms with Crippen molar-refractivity contribution in [1.29, 1.82) is 0 Å². The van der Waals surface area contributed by atoms with Crippen molar-refractivity contribution in [2.45, 2.75) is 354 Å². The van der Waals surface area contributed by atoms with E-state index in [4.69, 9.17) is 14.2 Å². The summed E-state index contributed by atoms with van der Waals surface area (Å²) in [6.07, 6.45) is 86.2. The highest BCUT2D eigenvalue weighted by Crippen LogP contribution is 2.17. The van der Waals surface area contributed by atoms with Crippen LogP contribution in [0.2, 0.25) is 0 Å². The van der Waals surface area contributed by atoms with Crippen LogP contribution in [-0.4, -0.2) is 37.2 Å². The number of ether oxygens (including phenoxy) is 3. The van der Waals surface area contributed by atoms with Crippen LogP contribution < -0.4 is 0 Å². The van der Waals surface area contributed by atoms with Gasteiger partial charge >= 0.3 is 17.9 Å². The quantitative estimate of drug-likeness (QED) is 0.0261. The van der Waals surface area contributed by atoms with Crippen LogP contribution in [-0.2, 0) is 28.6 Å². The fraction of sp³-hybridized carbons (Fsp3) is 0.792. The summed E-state index contributed by atoms with van der Waals surface area (Å²) in [6.45, 7) is 6.63. The Morgan fingerprint density at radius 3 is 0.744 bits per heavy atom. The molecule has 0 aromatic carbocycles. The van der Waals surface area contributed by atoms with Gasteiger partial charge in [-0.15, -0.1) is 0 Å². The smallest absolute Gasteiger partial charge is 0.306 e. The molecule has 0 heterocycles. The maximum Gasteiger partial charge on any atom is 0.306 e. The Labute approximate surface area is 484 Å². The Morgan fingerprint density at radius 1 is 0.256 bits per heavy atom. The first-order valence-corrected chi connectivity index (χ1v) is 33.9. The van der Waals surface area contributed by atoms with Crippen LogP contribution in [0.3, 0.4) is 0 Å². The molecular formula is C72H128O6. The average molecular weight is 1090 g/mol. The topological polar surface area (TPSA) is 78.9 Å². The number of allylic oxidation sites excluding steroid dienone is 12. The van der Waals surface area contributed by atoms with Gasteiger partial charge in [-0.2, -0.15) is 0 Å². The molecule has 0 fully saturated rings. The van der Waals surface area contributed by atoms with Crippen molar-refractivity contribution in [2.75, 3.05) is 13.2 Å². The Bertz CT molecular complexity index is 1440. The van der Waals surface area contributed by atoms with Crippen LogP contribution >= 0.6 is 0 Å². The standard InChI is InChI=1S/C72H128O6/c1-4-7-10-13-16-19-22-25-28-30-32-33-34-35-36-37-38-39-41-42-44-47-50-53-56-59-62-65-71(74)77-68-69(67-76-70(73)64-61-58-55-52-49-46-27-24-21-18-15-12-9-6-3)78-72(75)66-63-60-57-54-51-48-45-43-40-31-29-26-23-20-17-14-11-8-5-2/h17,20,22,25-26,29-30,32,34-35,40,43,69H,4-16,18-19,21,23-24,27-28,31,33,36-39,41-42,44-68H2,1-3H3/b20-17-,25-22-,29-26-,32-30-,35-34-,43-40-. The summed E-state index contributed by atoms with van der Waals surface area (Å²) in [4.78, 5) is 38.4. The Kier molecular flexibility index (Phi) is 63.7. The monoisotopic (exact) mass is 1090 g/mol. The predicted octanol–water partition coefficient (Wildman–Crippen LogP) is 23.3. The van der Waals surface area contributed by atoms with Crippen LogP contribution in [0.15, 0.2) is 72.9 Å². The molecule has 0 bridgehead atoms. The summed E-state index contributed by atoms with van der Waals surface area (Å²) in [6, 6.07) is 0. The molecule has 0 rings (SSSR count). The second-order valence-electron chi connectivity index (χ2n) is 22.7. The number of esters is 3. The molecule has 6 heteroatoms. The van der Waals surface area contributed by atoms with E-state index in [-0.39, 0.29) is 31.1 Å². The van der Waals surface area contributed by atoms with Crippen molar-refractivity contribution in [3.8, 4) is 0 Å². The highest BCUT2D eigenvalue weighted by Gasteiger charge is 2.19. The second-order valence-corrected chi connectivity index (χ2v) is 22.7. The zero-order chi connectivity index (χ0) is 56.4. The SMILES string of the molecule is CCCCC/C=C\C/C=C\C/C=C\CCCCCCCCC(=O)OC(COC(=O)CCCCCCCCCCCCCC/C=C\C/C=C\C/C=C\CCCCCCC)COC(=O)CCCCCCCCCCCCCCCC. The summed E-state index contributed by atoms with van der Waals surface area (Å²) in [5, 5.41) is 0. The first-order valence-electron chi connectivity index (χ1n) is 33.9. The molecule has 1 unspecified atom stereocenters. The Morgan fingerprint density at radius 2 is 0.462 bits per heavy atom. The number of carbonyl (C=O) groups excluding carboxylic acids is 3. The fourth-order valence-corrected chi connectivity index (χ4v) is 9.81. The van der Waals surface area contributed by atoms with E-state index < -0.39 is 6.10 Å². The first-order chi connectivity index (χ1) is 38.5. The highest BCUT2D eigenvalue weighted by atomic mass is 16.6. The van der Waals surface area contributed by atoms with Crippen molar-refractivity contribution in [3.63, 3.8) is 0 Å². The van der Waals surface area contributed by atoms with E-state index in [9.17, 15) is 14.4 Å². The van der Waals surface area contributed by atoms with Crippen LogP contribution in [0, 0.1) is 0 Å². The minimum atomic E-state index is -0.783. The molecule has 452 valence electrons. The van der Waals surface area contributed by atoms with E-state index in [1.54, 1.807) is 0 Å². The van der Waals surface area contributed by atoms with Gasteiger partial charge in [-0.25, -0.2) is 0 Å². The number of hydrogen-bond donors (Lipinski definition) is 0. The molecule has 0 aliphatic rings. The summed E-state index contributed by atoms with van der Waals surface area (Å²) < 4.78 is 17.0. The number of unbranched alkanes of at least 4 members (excludes halogenated alkanes) is 39. The zero-order valence-electron chi connectivity index (χ0n) is 51.9. The molecule has 6 nitrogen and oxygen atoms in total. The van der Waals surface area contributed by atoms with Crippen molar-refractivity contribution < 1.29 is 28.6 Å². The molecule has 0 N–H and O–H groups in total. The van der Waals surface area contributed by atoms with Crippen molar-refractivity contribution >= 4 is 17.9 Å². The van der Waals surface area contributed by atoms with Gasteiger partial charge in [0.2, 0.25) is 0 Å². The van der Waals surface area contributed by atoms with Gasteiger partial charge in [0.25, 0.3) is 0 Å². The van der Waals surface area contributed by atoms with Crippen LogP contribution in [0.1, 0.15) is 348 Å². The lowest BCUT2D eigenvalue weighted by atomic mass is 10.0. The van der Waals surface area contributed by atoms with E-state index in [0.29, 0.717) is 19.3 Å². The predicted molar refractivity (Wildman–Crippen MR) is 339 cm³/mol. The molecule has 0 saturated carbocycles. The van der Waals surface area contributed by atoms with Crippen LogP contribution in [0.4, 0.5) is 0 Å². The van der Waals surface area contributed by atoms with Crippen molar-refractivity contribution in [2.24, 2.45) is 0 Å². The molecule has 0 amide bonds. The molecule has 0 radical (unpaired) electrons. The zero-order valence-corrected chi connectivity index (χ0v) is 51.9. The van der Waals surface area contributed by atoms with E-state index in [1.807, 2.05) is 0 Å². The normalized spacial score (nSPS) is 12.5. The van der Waals surface area contributed by atoms with E-state index in [2.05, 4.69) is 93.7 Å². The molecule has 0 spiro atoms. The largest absolute Gasteiger partial charge is 0.462 e. The van der Waals surface area contributed by atoms with Gasteiger partial charge in [0.05, 0.1) is 0 Å². The van der Waals surface area contributed by atoms with E-state index in [0.717, 1.165) is 96.3 Å². The minimum absolute atomic E-state index is 0.0778. The second kappa shape index (κ2) is 66.4. The van der Waals surface area contributed by atoms with E-state index in [1.165, 1.54) is 212 Å². The molecule has 0 aliphatic heterocycles. The van der Waals surface area contributed by atoms with Gasteiger partial charge in [0, 0.05) is 19.3 Å². The third-order valence-electron chi connectivity index (χ3n) is 14.9. The van der Waals surface area contributed by atoms with Gasteiger partial charge in [0.15, 0.2) is 6.10 Å². The summed E-state index contributed by atoms with van der Waals surface area (Å²) >= 11 is 0. The molecule has 0 aromatic heterocycles. The molecule has 0 saturated heterocycles. The van der Waals surface area contributed by atoms with Gasteiger partial charge in [0.1, 0.15) is 13.2 Å². The minimum Gasteiger partial charge on any atom is -0.462 e. The van der Waals surface area contributed by atoms with Crippen molar-refractivity contribution in [1.82, 2.24) is 0 Å². The maximum absolute atomic E-state index is 12.9. The third-order valence-corrected chi connectivity index (χ3v) is 14.9. The van der Waals surface area contributed by atoms with Crippen LogP contribution in [0.5, 0.6) is 0 Å². The van der Waals surface area contributed by atoms with Gasteiger partial charge < -0.3 is 14.2 Å². The average Bonchev–Trinajstić information content (AvgIpc) is 3.44. The molecule has 78 heavy (non-hydrogen) atoms. The number of hydrogen-bond acceptors (Lipinski definition) is 6. The Balaban J connectivity index is 4.30. The molecule has 0 aromatic rings. The van der Waals surface area contributed by atoms with Crippen molar-refractivity contribution in [3.05, 3.63) is 72.9 Å². The lowest BCUT2D eigenvalue weighted by Crippen LogP contribution is -2.30. The van der Waals surface area contributed by atoms with Crippen LogP contribution in [0.25, 0.3) is 0 Å². The lowest BCUT2D eigenvalue weighted by molar-refractivity contribution is -0.167. The highest BCUT2D eigenvalue weighted by molar-refractivity contribution is 5.71. The third kappa shape index (κ3) is 63.7. The van der Waals surface area contributed by atoms with E-state index >= 15 is 0 Å². The lowest BCUT2D eigenvalue weighted by Gasteiger charge is -2.18. The maximum atomic E-state index is 12.9. The first kappa shape index (κ1) is 74.8. The van der Waals surface area contributed by atoms with Gasteiger partial charge in [-0.1, -0.05) is 306 Å².